The number of rotatable bonds is 6. The highest BCUT2D eigenvalue weighted by Gasteiger charge is 2.37. The standard InChI is InChI=1S/C28H24ClN3O5/c1-16-7-10-23(18(3)11-16)30-25(33)15-37-21-6-4-5-19(12-21)13-22-26(34)31-28(36)32(27(22)35)24-14-20(29)9-8-17(24)2/h4-14H,15H2,1-3H3,(H,30,33)(H,31,34,36)/b22-13+. The van der Waals surface area contributed by atoms with Crippen molar-refractivity contribution in [3.05, 3.63) is 93.5 Å². The summed E-state index contributed by atoms with van der Waals surface area (Å²) in [4.78, 5) is 51.4. The van der Waals surface area contributed by atoms with Crippen LogP contribution in [0.3, 0.4) is 0 Å². The molecule has 0 spiro atoms. The summed E-state index contributed by atoms with van der Waals surface area (Å²) < 4.78 is 5.62. The van der Waals surface area contributed by atoms with E-state index in [1.807, 2.05) is 32.0 Å². The number of urea groups is 1. The van der Waals surface area contributed by atoms with Gasteiger partial charge in [-0.25, -0.2) is 9.69 Å². The van der Waals surface area contributed by atoms with Crippen LogP contribution < -0.4 is 20.3 Å². The van der Waals surface area contributed by atoms with Gasteiger partial charge in [0.15, 0.2) is 6.61 Å². The molecule has 0 aliphatic carbocycles. The maximum absolute atomic E-state index is 13.2. The average molecular weight is 518 g/mol. The molecule has 3 aromatic carbocycles. The molecule has 0 atom stereocenters. The molecule has 2 N–H and O–H groups in total. The summed E-state index contributed by atoms with van der Waals surface area (Å²) in [6.07, 6.45) is 1.36. The van der Waals surface area contributed by atoms with Gasteiger partial charge in [-0.3, -0.25) is 19.7 Å². The number of carbonyl (C=O) groups excluding carboxylic acids is 4. The van der Waals surface area contributed by atoms with Crippen LogP contribution in [-0.4, -0.2) is 30.4 Å². The lowest BCUT2D eigenvalue weighted by molar-refractivity contribution is -0.122. The van der Waals surface area contributed by atoms with Crippen LogP contribution in [0.5, 0.6) is 5.75 Å². The molecule has 1 saturated heterocycles. The fraction of sp³-hybridized carbons (Fsp3) is 0.143. The molecule has 0 saturated carbocycles. The van der Waals surface area contributed by atoms with Gasteiger partial charge >= 0.3 is 6.03 Å². The number of hydrogen-bond acceptors (Lipinski definition) is 5. The number of halogens is 1. The molecule has 0 radical (unpaired) electrons. The molecule has 37 heavy (non-hydrogen) atoms. The Kier molecular flexibility index (Phi) is 7.40. The lowest BCUT2D eigenvalue weighted by atomic mass is 10.1. The van der Waals surface area contributed by atoms with Gasteiger partial charge in [-0.1, -0.05) is 47.5 Å². The van der Waals surface area contributed by atoms with Gasteiger partial charge in [0.25, 0.3) is 17.7 Å². The number of anilines is 2. The number of nitrogens with zero attached hydrogens (tertiary/aromatic N) is 1. The van der Waals surface area contributed by atoms with E-state index >= 15 is 0 Å². The lowest BCUT2D eigenvalue weighted by Gasteiger charge is -2.27. The van der Waals surface area contributed by atoms with Crippen molar-refractivity contribution in [3.8, 4) is 5.75 Å². The summed E-state index contributed by atoms with van der Waals surface area (Å²) in [6, 6.07) is 16.2. The minimum Gasteiger partial charge on any atom is -0.484 e. The van der Waals surface area contributed by atoms with Gasteiger partial charge in [-0.05, 0) is 73.9 Å². The van der Waals surface area contributed by atoms with Gasteiger partial charge in [-0.2, -0.15) is 0 Å². The van der Waals surface area contributed by atoms with E-state index in [-0.39, 0.29) is 23.8 Å². The van der Waals surface area contributed by atoms with Gasteiger partial charge in [0.1, 0.15) is 11.3 Å². The summed E-state index contributed by atoms with van der Waals surface area (Å²) in [7, 11) is 0. The summed E-state index contributed by atoms with van der Waals surface area (Å²) >= 11 is 6.06. The molecule has 1 heterocycles. The molecule has 8 nitrogen and oxygen atoms in total. The Labute approximate surface area is 218 Å². The molecule has 0 bridgehead atoms. The minimum absolute atomic E-state index is 0.233. The molecule has 4 rings (SSSR count). The molecule has 1 aliphatic heterocycles. The first-order valence-corrected chi connectivity index (χ1v) is 11.8. The zero-order valence-electron chi connectivity index (χ0n) is 20.4. The van der Waals surface area contributed by atoms with Crippen molar-refractivity contribution in [1.29, 1.82) is 0 Å². The zero-order valence-corrected chi connectivity index (χ0v) is 21.2. The van der Waals surface area contributed by atoms with Crippen molar-refractivity contribution < 1.29 is 23.9 Å². The van der Waals surface area contributed by atoms with Crippen LogP contribution in [0.15, 0.2) is 66.2 Å². The predicted molar refractivity (Wildman–Crippen MR) is 142 cm³/mol. The van der Waals surface area contributed by atoms with Gasteiger partial charge in [0, 0.05) is 10.7 Å². The maximum Gasteiger partial charge on any atom is 0.335 e. The highest BCUT2D eigenvalue weighted by molar-refractivity contribution is 6.39. The lowest BCUT2D eigenvalue weighted by Crippen LogP contribution is -2.54. The number of carbonyl (C=O) groups is 4. The molecular weight excluding hydrogens is 494 g/mol. The summed E-state index contributed by atoms with van der Waals surface area (Å²) in [5.41, 5.74) is 3.90. The van der Waals surface area contributed by atoms with Crippen molar-refractivity contribution >= 4 is 52.8 Å². The second kappa shape index (κ2) is 10.7. The molecule has 5 amide bonds. The van der Waals surface area contributed by atoms with Crippen LogP contribution in [0.2, 0.25) is 5.02 Å². The summed E-state index contributed by atoms with van der Waals surface area (Å²) in [5.74, 6) is -1.56. The molecule has 188 valence electrons. The van der Waals surface area contributed by atoms with Gasteiger partial charge in [0.2, 0.25) is 0 Å². The van der Waals surface area contributed by atoms with E-state index in [1.54, 1.807) is 43.3 Å². The van der Waals surface area contributed by atoms with E-state index in [2.05, 4.69) is 10.6 Å². The Morgan fingerprint density at radius 1 is 1.00 bits per heavy atom. The Bertz CT molecular complexity index is 1460. The Hall–Kier alpha value is -4.43. The summed E-state index contributed by atoms with van der Waals surface area (Å²) in [5, 5.41) is 5.35. The van der Waals surface area contributed by atoms with Gasteiger partial charge < -0.3 is 10.1 Å². The molecular formula is C28H24ClN3O5. The number of hydrogen-bond donors (Lipinski definition) is 2. The molecule has 1 aliphatic rings. The maximum atomic E-state index is 13.2. The number of barbiturate groups is 1. The SMILES string of the molecule is Cc1ccc(NC(=O)COc2cccc(/C=C3\C(=O)NC(=O)N(c4cc(Cl)ccc4C)C3=O)c2)c(C)c1. The quantitative estimate of drug-likeness (QED) is 0.355. The van der Waals surface area contributed by atoms with E-state index in [4.69, 9.17) is 16.3 Å². The van der Waals surface area contributed by atoms with Gasteiger partial charge in [0.05, 0.1) is 5.69 Å². The third-order valence-electron chi connectivity index (χ3n) is 5.71. The highest BCUT2D eigenvalue weighted by Crippen LogP contribution is 2.28. The average Bonchev–Trinajstić information content (AvgIpc) is 2.84. The number of nitrogens with one attached hydrogen (secondary N) is 2. The van der Waals surface area contributed by atoms with Crippen LogP contribution in [0, 0.1) is 20.8 Å². The zero-order chi connectivity index (χ0) is 26.7. The number of benzene rings is 3. The van der Waals surface area contributed by atoms with Crippen LogP contribution in [0.1, 0.15) is 22.3 Å². The Morgan fingerprint density at radius 2 is 1.78 bits per heavy atom. The van der Waals surface area contributed by atoms with Crippen LogP contribution >= 0.6 is 11.6 Å². The molecule has 9 heteroatoms. The number of amides is 5. The monoisotopic (exact) mass is 517 g/mol. The van der Waals surface area contributed by atoms with Gasteiger partial charge in [-0.15, -0.1) is 0 Å². The van der Waals surface area contributed by atoms with Crippen molar-refractivity contribution in [3.63, 3.8) is 0 Å². The van der Waals surface area contributed by atoms with Crippen molar-refractivity contribution in [2.45, 2.75) is 20.8 Å². The van der Waals surface area contributed by atoms with E-state index in [0.717, 1.165) is 16.0 Å². The molecule has 0 unspecified atom stereocenters. The second-order valence-electron chi connectivity index (χ2n) is 8.62. The largest absolute Gasteiger partial charge is 0.484 e. The number of aryl methyl sites for hydroxylation is 3. The minimum atomic E-state index is -0.857. The first-order chi connectivity index (χ1) is 17.6. The Balaban J connectivity index is 1.50. The Morgan fingerprint density at radius 3 is 2.54 bits per heavy atom. The first-order valence-electron chi connectivity index (χ1n) is 11.4. The van der Waals surface area contributed by atoms with Crippen LogP contribution in [0.4, 0.5) is 16.2 Å². The third-order valence-corrected chi connectivity index (χ3v) is 5.94. The van der Waals surface area contributed by atoms with E-state index in [1.165, 1.54) is 12.1 Å². The van der Waals surface area contributed by atoms with Crippen molar-refractivity contribution in [2.75, 3.05) is 16.8 Å². The second-order valence-corrected chi connectivity index (χ2v) is 9.05. The topological polar surface area (TPSA) is 105 Å². The number of imide groups is 2. The van der Waals surface area contributed by atoms with E-state index in [9.17, 15) is 19.2 Å². The smallest absolute Gasteiger partial charge is 0.335 e. The van der Waals surface area contributed by atoms with E-state index < -0.39 is 17.8 Å². The molecule has 3 aromatic rings. The van der Waals surface area contributed by atoms with E-state index in [0.29, 0.717) is 27.6 Å². The number of ether oxygens (including phenoxy) is 1. The fourth-order valence-corrected chi connectivity index (χ4v) is 4.02. The normalized spacial score (nSPS) is 14.5. The summed E-state index contributed by atoms with van der Waals surface area (Å²) in [6.45, 7) is 5.37. The van der Waals surface area contributed by atoms with Crippen molar-refractivity contribution in [2.24, 2.45) is 0 Å². The highest BCUT2D eigenvalue weighted by atomic mass is 35.5. The first kappa shape index (κ1) is 25.7. The van der Waals surface area contributed by atoms with Crippen LogP contribution in [0.25, 0.3) is 6.08 Å². The van der Waals surface area contributed by atoms with Crippen LogP contribution in [-0.2, 0) is 14.4 Å². The fourth-order valence-electron chi connectivity index (χ4n) is 3.85. The molecule has 1 fully saturated rings. The van der Waals surface area contributed by atoms with Crippen molar-refractivity contribution in [1.82, 2.24) is 5.32 Å². The third kappa shape index (κ3) is 5.87. The molecule has 0 aromatic heterocycles. The predicted octanol–water partition coefficient (Wildman–Crippen LogP) is 4.95.